The van der Waals surface area contributed by atoms with Crippen molar-refractivity contribution in [3.05, 3.63) is 56.5 Å². The lowest BCUT2D eigenvalue weighted by Gasteiger charge is -2.16. The maximum absolute atomic E-state index is 6.51. The van der Waals surface area contributed by atoms with Crippen molar-refractivity contribution >= 4 is 47.2 Å². The molecule has 0 atom stereocenters. The second kappa shape index (κ2) is 15.0. The molecule has 0 radical (unpaired) electrons. The van der Waals surface area contributed by atoms with Crippen LogP contribution in [0.4, 0.5) is 0 Å². The zero-order chi connectivity index (χ0) is 21.1. The molecular formula is C23H31Cl4NO2. The number of rotatable bonds is 13. The topological polar surface area (TPSA) is 30.5 Å². The van der Waals surface area contributed by atoms with Gasteiger partial charge in [0.15, 0.2) is 11.5 Å². The Labute approximate surface area is 201 Å². The summed E-state index contributed by atoms with van der Waals surface area (Å²) in [4.78, 5) is 0. The van der Waals surface area contributed by atoms with E-state index in [0.717, 1.165) is 24.2 Å². The molecule has 0 spiro atoms. The summed E-state index contributed by atoms with van der Waals surface area (Å²) in [6.07, 6.45) is 6.35. The van der Waals surface area contributed by atoms with Crippen LogP contribution in [0.25, 0.3) is 0 Å². The summed E-state index contributed by atoms with van der Waals surface area (Å²) < 4.78 is 11.7. The molecule has 7 heteroatoms. The number of benzene rings is 2. The Bertz CT molecular complexity index is 771. The molecule has 2 aromatic rings. The van der Waals surface area contributed by atoms with E-state index in [1.54, 1.807) is 12.1 Å². The van der Waals surface area contributed by atoms with E-state index >= 15 is 0 Å². The second-order valence-corrected chi connectivity index (χ2v) is 8.20. The van der Waals surface area contributed by atoms with Gasteiger partial charge in [0.1, 0.15) is 6.61 Å². The van der Waals surface area contributed by atoms with Crippen molar-refractivity contribution in [2.24, 2.45) is 0 Å². The van der Waals surface area contributed by atoms with Crippen molar-refractivity contribution in [2.75, 3.05) is 13.2 Å². The summed E-state index contributed by atoms with van der Waals surface area (Å²) in [5, 5.41) is 5.16. The number of nitrogens with one attached hydrogen (secondary N) is 1. The fraction of sp³-hybridized carbons (Fsp3) is 0.478. The highest BCUT2D eigenvalue weighted by Crippen LogP contribution is 2.37. The van der Waals surface area contributed by atoms with E-state index in [9.17, 15) is 0 Å². The van der Waals surface area contributed by atoms with E-state index in [1.165, 1.54) is 32.1 Å². The van der Waals surface area contributed by atoms with E-state index in [2.05, 4.69) is 12.2 Å². The Kier molecular flexibility index (Phi) is 13.6. The Balaban J connectivity index is 0.00000450. The van der Waals surface area contributed by atoms with Gasteiger partial charge in [-0.15, -0.1) is 12.4 Å². The molecule has 0 fully saturated rings. The van der Waals surface area contributed by atoms with E-state index in [0.29, 0.717) is 33.2 Å². The van der Waals surface area contributed by atoms with Crippen molar-refractivity contribution in [3.63, 3.8) is 0 Å². The first-order valence-corrected chi connectivity index (χ1v) is 11.4. The third-order valence-corrected chi connectivity index (χ3v) is 5.41. The Morgan fingerprint density at radius 3 is 2.33 bits per heavy atom. The molecule has 0 amide bonds. The van der Waals surface area contributed by atoms with Crippen LogP contribution < -0.4 is 14.8 Å². The summed E-state index contributed by atoms with van der Waals surface area (Å²) in [5.74, 6) is 1.17. The van der Waals surface area contributed by atoms with Gasteiger partial charge in [0.25, 0.3) is 0 Å². The lowest BCUT2D eigenvalue weighted by atomic mass is 10.1. The van der Waals surface area contributed by atoms with E-state index in [4.69, 9.17) is 44.3 Å². The number of unbranched alkanes of at least 4 members (excludes halogenated alkanes) is 4. The highest BCUT2D eigenvalue weighted by Gasteiger charge is 2.14. The van der Waals surface area contributed by atoms with E-state index < -0.39 is 0 Å². The van der Waals surface area contributed by atoms with E-state index in [1.807, 2.05) is 25.1 Å². The third-order valence-electron chi connectivity index (χ3n) is 4.54. The molecule has 0 aliphatic heterocycles. The standard InChI is InChI=1S/C23H30Cl3NO2.ClH/c1-3-5-6-7-8-11-27-15-17-12-21(26)23(22(13-17)28-4-2)29-16-18-9-10-19(24)14-20(18)25;/h9-10,12-14,27H,3-8,11,15-16H2,1-2H3;1H. The smallest absolute Gasteiger partial charge is 0.180 e. The number of hydrogen-bond acceptors (Lipinski definition) is 3. The number of halogens is 4. The zero-order valence-corrected chi connectivity index (χ0v) is 20.7. The molecule has 3 nitrogen and oxygen atoms in total. The van der Waals surface area contributed by atoms with Crippen LogP contribution in [0.15, 0.2) is 30.3 Å². The zero-order valence-electron chi connectivity index (χ0n) is 17.6. The summed E-state index contributed by atoms with van der Waals surface area (Å²) in [6.45, 7) is 6.73. The van der Waals surface area contributed by atoms with Crippen molar-refractivity contribution in [1.82, 2.24) is 5.32 Å². The molecule has 30 heavy (non-hydrogen) atoms. The van der Waals surface area contributed by atoms with Crippen molar-refractivity contribution in [2.45, 2.75) is 59.1 Å². The van der Waals surface area contributed by atoms with Crippen LogP contribution in [0.1, 0.15) is 57.1 Å². The van der Waals surface area contributed by atoms with Gasteiger partial charge in [0, 0.05) is 22.2 Å². The van der Waals surface area contributed by atoms with Gasteiger partial charge in [-0.25, -0.2) is 0 Å². The number of ether oxygens (including phenoxy) is 2. The van der Waals surface area contributed by atoms with Gasteiger partial charge in [0.2, 0.25) is 0 Å². The van der Waals surface area contributed by atoms with Gasteiger partial charge in [-0.1, -0.05) is 73.5 Å². The lowest BCUT2D eigenvalue weighted by molar-refractivity contribution is 0.269. The Morgan fingerprint density at radius 1 is 0.867 bits per heavy atom. The molecule has 0 saturated carbocycles. The Morgan fingerprint density at radius 2 is 1.63 bits per heavy atom. The van der Waals surface area contributed by atoms with Gasteiger partial charge in [-0.3, -0.25) is 0 Å². The molecule has 0 saturated heterocycles. The van der Waals surface area contributed by atoms with Crippen LogP contribution in [0.3, 0.4) is 0 Å². The minimum absolute atomic E-state index is 0. The minimum Gasteiger partial charge on any atom is -0.490 e. The van der Waals surface area contributed by atoms with Gasteiger partial charge in [-0.05, 0) is 49.7 Å². The summed E-state index contributed by atoms with van der Waals surface area (Å²) in [6, 6.07) is 9.24. The summed E-state index contributed by atoms with van der Waals surface area (Å²) in [5.41, 5.74) is 1.91. The molecule has 0 aliphatic carbocycles. The normalized spacial score (nSPS) is 10.6. The maximum atomic E-state index is 6.51. The number of hydrogen-bond donors (Lipinski definition) is 1. The average molecular weight is 495 g/mol. The summed E-state index contributed by atoms with van der Waals surface area (Å²) >= 11 is 18.7. The molecule has 0 bridgehead atoms. The van der Waals surface area contributed by atoms with Crippen molar-refractivity contribution < 1.29 is 9.47 Å². The predicted octanol–water partition coefficient (Wildman–Crippen LogP) is 8.11. The highest BCUT2D eigenvalue weighted by molar-refractivity contribution is 6.35. The lowest BCUT2D eigenvalue weighted by Crippen LogP contribution is -2.15. The molecule has 0 heterocycles. The molecule has 0 aromatic heterocycles. The van der Waals surface area contributed by atoms with Crippen molar-refractivity contribution in [3.8, 4) is 11.5 Å². The molecular weight excluding hydrogens is 464 g/mol. The molecule has 168 valence electrons. The first-order chi connectivity index (χ1) is 14.0. The van der Waals surface area contributed by atoms with Gasteiger partial charge >= 0.3 is 0 Å². The van der Waals surface area contributed by atoms with Crippen LogP contribution in [0.2, 0.25) is 15.1 Å². The largest absolute Gasteiger partial charge is 0.490 e. The van der Waals surface area contributed by atoms with E-state index in [-0.39, 0.29) is 19.0 Å². The molecule has 1 N–H and O–H groups in total. The van der Waals surface area contributed by atoms with Crippen LogP contribution in [-0.4, -0.2) is 13.2 Å². The first-order valence-electron chi connectivity index (χ1n) is 10.3. The average Bonchev–Trinajstić information content (AvgIpc) is 2.68. The fourth-order valence-electron chi connectivity index (χ4n) is 3.00. The van der Waals surface area contributed by atoms with Gasteiger partial charge in [-0.2, -0.15) is 0 Å². The first kappa shape index (κ1) is 27.2. The van der Waals surface area contributed by atoms with Gasteiger partial charge < -0.3 is 14.8 Å². The second-order valence-electron chi connectivity index (χ2n) is 6.95. The van der Waals surface area contributed by atoms with Crippen LogP contribution in [0.5, 0.6) is 11.5 Å². The predicted molar refractivity (Wildman–Crippen MR) is 131 cm³/mol. The van der Waals surface area contributed by atoms with Crippen molar-refractivity contribution in [1.29, 1.82) is 0 Å². The van der Waals surface area contributed by atoms with Gasteiger partial charge in [0.05, 0.1) is 11.6 Å². The third kappa shape index (κ3) is 9.11. The molecule has 2 aromatic carbocycles. The maximum Gasteiger partial charge on any atom is 0.180 e. The van der Waals surface area contributed by atoms with Crippen LogP contribution >= 0.6 is 47.2 Å². The highest BCUT2D eigenvalue weighted by atomic mass is 35.5. The molecule has 0 aliphatic rings. The molecule has 0 unspecified atom stereocenters. The monoisotopic (exact) mass is 493 g/mol. The quantitative estimate of drug-likeness (QED) is 0.285. The minimum atomic E-state index is 0. The van der Waals surface area contributed by atoms with Crippen LogP contribution in [-0.2, 0) is 13.2 Å². The SMILES string of the molecule is CCCCCCCNCc1cc(Cl)c(OCc2ccc(Cl)cc2Cl)c(OCC)c1.Cl. The van der Waals surface area contributed by atoms with Crippen LogP contribution in [0, 0.1) is 0 Å². The summed E-state index contributed by atoms with van der Waals surface area (Å²) in [7, 11) is 0. The Hall–Kier alpha value is -0.840. The fourth-order valence-corrected chi connectivity index (χ4v) is 3.75. The molecule has 2 rings (SSSR count).